The molecule has 0 spiro atoms. The Morgan fingerprint density at radius 3 is 2.61 bits per heavy atom. The first-order chi connectivity index (χ1) is 8.29. The van der Waals surface area contributed by atoms with Gasteiger partial charge in [0.25, 0.3) is 0 Å². The summed E-state index contributed by atoms with van der Waals surface area (Å²) in [5.41, 5.74) is 7.75. The van der Waals surface area contributed by atoms with Crippen LogP contribution in [0.5, 0.6) is 0 Å². The summed E-state index contributed by atoms with van der Waals surface area (Å²) in [6.45, 7) is 4.64. The third kappa shape index (κ3) is 2.44. The molecule has 1 radical (unpaired) electrons. The van der Waals surface area contributed by atoms with Crippen LogP contribution < -0.4 is 0 Å². The van der Waals surface area contributed by atoms with Crippen molar-refractivity contribution in [2.75, 3.05) is 0 Å². The topological polar surface area (TPSA) is 0 Å². The van der Waals surface area contributed by atoms with E-state index in [0.717, 1.165) is 0 Å². The summed E-state index contributed by atoms with van der Waals surface area (Å²) >= 11 is 0. The van der Waals surface area contributed by atoms with Gasteiger partial charge in [0, 0.05) is 32.6 Å². The summed E-state index contributed by atoms with van der Waals surface area (Å²) in [5, 5.41) is 0. The predicted molar refractivity (Wildman–Crippen MR) is 73.9 cm³/mol. The molecule has 0 bridgehead atoms. The van der Waals surface area contributed by atoms with Gasteiger partial charge in [-0.2, -0.15) is 0 Å². The van der Waals surface area contributed by atoms with Crippen LogP contribution in [0.25, 0.3) is 5.57 Å². The van der Waals surface area contributed by atoms with E-state index in [0.29, 0.717) is 5.92 Å². The van der Waals surface area contributed by atoms with E-state index in [9.17, 15) is 0 Å². The molecule has 93 valence electrons. The van der Waals surface area contributed by atoms with Gasteiger partial charge in [-0.15, -0.1) is 0 Å². The third-order valence-electron chi connectivity index (χ3n) is 4.27. The number of rotatable bonds is 3. The van der Waals surface area contributed by atoms with E-state index in [1.54, 1.807) is 16.7 Å². The maximum Gasteiger partial charge on any atom is 0.0134 e. The average molecular weight is 317 g/mol. The van der Waals surface area contributed by atoms with Gasteiger partial charge in [0.1, 0.15) is 0 Å². The second-order valence-electron chi connectivity index (χ2n) is 5.54. The molecular formula is C17H21Zr. The van der Waals surface area contributed by atoms with Crippen LogP contribution in [0.3, 0.4) is 0 Å². The van der Waals surface area contributed by atoms with E-state index >= 15 is 0 Å². The molecular weight excluding hydrogens is 295 g/mol. The van der Waals surface area contributed by atoms with Crippen LogP contribution in [0, 0.1) is 12.3 Å². The number of fused-ring (bicyclic) bond motifs is 2. The van der Waals surface area contributed by atoms with Gasteiger partial charge in [-0.3, -0.25) is 0 Å². The molecule has 0 saturated heterocycles. The van der Waals surface area contributed by atoms with Crippen LogP contribution in [0.1, 0.15) is 55.4 Å². The van der Waals surface area contributed by atoms with E-state index in [4.69, 9.17) is 0 Å². The van der Waals surface area contributed by atoms with Crippen LogP contribution in [-0.2, 0) is 39.0 Å². The molecule has 0 heterocycles. The molecule has 2 aliphatic rings. The molecule has 18 heavy (non-hydrogen) atoms. The summed E-state index contributed by atoms with van der Waals surface area (Å²) in [6, 6.07) is 4.90. The zero-order chi connectivity index (χ0) is 11.8. The quantitative estimate of drug-likeness (QED) is 0.767. The molecule has 1 aromatic carbocycles. The monoisotopic (exact) mass is 315 g/mol. The molecule has 0 aliphatic heterocycles. The van der Waals surface area contributed by atoms with Crippen LogP contribution in [-0.4, -0.2) is 0 Å². The number of hydrogen-bond acceptors (Lipinski definition) is 0. The molecule has 3 rings (SSSR count). The van der Waals surface area contributed by atoms with Gasteiger partial charge in [0.15, 0.2) is 0 Å². The zero-order valence-corrected chi connectivity index (χ0v) is 13.9. The molecule has 1 aromatic rings. The van der Waals surface area contributed by atoms with Crippen LogP contribution >= 0.6 is 0 Å². The van der Waals surface area contributed by atoms with Crippen molar-refractivity contribution in [2.24, 2.45) is 5.92 Å². The van der Waals surface area contributed by atoms with Gasteiger partial charge in [0.05, 0.1) is 0 Å². The molecule has 0 fully saturated rings. The Hall–Kier alpha value is -0.157. The van der Waals surface area contributed by atoms with Gasteiger partial charge in [-0.1, -0.05) is 38.5 Å². The summed E-state index contributed by atoms with van der Waals surface area (Å²) in [7, 11) is 0. The minimum Gasteiger partial charge on any atom is -0.0720 e. The Labute approximate surface area is 130 Å². The first-order valence-corrected chi connectivity index (χ1v) is 7.00. The smallest absolute Gasteiger partial charge is 0.0134 e. The summed E-state index contributed by atoms with van der Waals surface area (Å²) in [5.74, 6) is 0.706. The normalized spacial score (nSPS) is 17.8. The standard InChI is InChI=1S/C17H21.Zr/c1-3-5-12(2)16-9-8-15-10-13-6-4-7-14(13)11-17(15)16;/h8-12H,3-7H2,1-2H3;. The van der Waals surface area contributed by atoms with E-state index in [-0.39, 0.29) is 26.2 Å². The van der Waals surface area contributed by atoms with Crippen molar-refractivity contribution in [1.82, 2.24) is 0 Å². The van der Waals surface area contributed by atoms with E-state index in [2.05, 4.69) is 38.5 Å². The summed E-state index contributed by atoms with van der Waals surface area (Å²) in [6.07, 6.45) is 11.2. The number of allylic oxidation sites excluding steroid dienone is 2. The fourth-order valence-corrected chi connectivity index (χ4v) is 3.32. The second kappa shape index (κ2) is 5.87. The Kier molecular flexibility index (Phi) is 4.65. The van der Waals surface area contributed by atoms with E-state index in [1.807, 2.05) is 0 Å². The maximum atomic E-state index is 2.47. The van der Waals surface area contributed by atoms with Gasteiger partial charge < -0.3 is 0 Å². The van der Waals surface area contributed by atoms with Crippen molar-refractivity contribution in [2.45, 2.75) is 46.0 Å². The molecule has 1 heteroatoms. The number of hydrogen-bond donors (Lipinski definition) is 0. The average Bonchev–Trinajstić information content (AvgIpc) is 2.91. The molecule has 0 aromatic heterocycles. The fourth-order valence-electron chi connectivity index (χ4n) is 3.32. The minimum atomic E-state index is 0. The Morgan fingerprint density at radius 2 is 1.89 bits per heavy atom. The van der Waals surface area contributed by atoms with Crippen molar-refractivity contribution in [3.05, 3.63) is 46.9 Å². The van der Waals surface area contributed by atoms with E-state index in [1.165, 1.54) is 43.2 Å². The molecule has 0 amide bonds. The van der Waals surface area contributed by atoms with Crippen LogP contribution in [0.15, 0.2) is 18.2 Å². The Bertz CT molecular complexity index is 471. The maximum absolute atomic E-state index is 2.47. The van der Waals surface area contributed by atoms with Gasteiger partial charge in [-0.05, 0) is 59.4 Å². The minimum absolute atomic E-state index is 0. The van der Waals surface area contributed by atoms with Gasteiger partial charge in [0.2, 0.25) is 0 Å². The number of aryl methyl sites for hydroxylation is 2. The van der Waals surface area contributed by atoms with Gasteiger partial charge in [-0.25, -0.2) is 0 Å². The van der Waals surface area contributed by atoms with Crippen LogP contribution in [0.2, 0.25) is 0 Å². The fraction of sp³-hybridized carbons (Fsp3) is 0.471. The first-order valence-electron chi connectivity index (χ1n) is 7.00. The predicted octanol–water partition coefficient (Wildman–Crippen LogP) is 4.56. The second-order valence-corrected chi connectivity index (χ2v) is 5.54. The van der Waals surface area contributed by atoms with Crippen molar-refractivity contribution in [3.8, 4) is 0 Å². The van der Waals surface area contributed by atoms with Crippen molar-refractivity contribution in [1.29, 1.82) is 0 Å². The molecule has 2 aliphatic carbocycles. The summed E-state index contributed by atoms with van der Waals surface area (Å²) in [4.78, 5) is 0. The molecule has 0 saturated carbocycles. The molecule has 0 N–H and O–H groups in total. The SMILES string of the molecule is CCCC(C)C1=C[CH]c2cc3c(cc21)CCC3.[Zr]. The van der Waals surface area contributed by atoms with Crippen molar-refractivity contribution in [3.63, 3.8) is 0 Å². The van der Waals surface area contributed by atoms with Crippen molar-refractivity contribution < 1.29 is 26.2 Å². The largest absolute Gasteiger partial charge is 0.0720 e. The first kappa shape index (κ1) is 14.3. The molecule has 1 unspecified atom stereocenters. The zero-order valence-electron chi connectivity index (χ0n) is 11.4. The Morgan fingerprint density at radius 1 is 1.17 bits per heavy atom. The van der Waals surface area contributed by atoms with Crippen LogP contribution in [0.4, 0.5) is 0 Å². The number of benzene rings is 1. The summed E-state index contributed by atoms with van der Waals surface area (Å²) < 4.78 is 0. The van der Waals surface area contributed by atoms with E-state index < -0.39 is 0 Å². The third-order valence-corrected chi connectivity index (χ3v) is 4.27. The Balaban J connectivity index is 0.00000120. The van der Waals surface area contributed by atoms with Crippen molar-refractivity contribution >= 4 is 5.57 Å². The van der Waals surface area contributed by atoms with Gasteiger partial charge >= 0.3 is 0 Å². The molecule has 1 atom stereocenters. The molecule has 0 nitrogen and oxygen atoms in total.